The molecule has 0 bridgehead atoms. The first kappa shape index (κ1) is 14.5. The van der Waals surface area contributed by atoms with Gasteiger partial charge in [0.05, 0.1) is 0 Å². The fourth-order valence-corrected chi connectivity index (χ4v) is 2.96. The van der Waals surface area contributed by atoms with E-state index in [9.17, 15) is 8.78 Å². The van der Waals surface area contributed by atoms with Gasteiger partial charge in [0.1, 0.15) is 11.6 Å². The number of hydrogen-bond donors (Lipinski definition) is 0. The highest BCUT2D eigenvalue weighted by atomic mass is 79.9. The normalized spacial score (nSPS) is 12.5. The molecule has 1 unspecified atom stereocenters. The highest BCUT2D eigenvalue weighted by Gasteiger charge is 2.14. The van der Waals surface area contributed by atoms with Crippen molar-refractivity contribution in [2.24, 2.45) is 0 Å². The molecule has 0 amide bonds. The number of benzene rings is 2. The minimum atomic E-state index is -0.564. The fraction of sp³-hybridized carbons (Fsp3) is 0.200. The van der Waals surface area contributed by atoms with E-state index in [1.165, 1.54) is 12.1 Å². The van der Waals surface area contributed by atoms with Crippen molar-refractivity contribution in [3.63, 3.8) is 0 Å². The van der Waals surface area contributed by atoms with Crippen molar-refractivity contribution in [2.45, 2.75) is 18.2 Å². The Labute approximate surface area is 124 Å². The molecule has 0 aromatic heterocycles. The number of alkyl halides is 1. The quantitative estimate of drug-likeness (QED) is 0.635. The summed E-state index contributed by atoms with van der Waals surface area (Å²) in [6.45, 7) is 1.97. The average Bonchev–Trinajstić information content (AvgIpc) is 2.35. The summed E-state index contributed by atoms with van der Waals surface area (Å²) in [7, 11) is 0. The Hall–Kier alpha value is -0.930. The van der Waals surface area contributed by atoms with Crippen LogP contribution in [0.1, 0.15) is 21.5 Å². The predicted octanol–water partition coefficient (Wildman–Crippen LogP) is 5.61. The molecule has 4 heteroatoms. The SMILES string of the molecule is Cc1ccc(Cl)cc1C(Br)Cc1ccc(F)cc1F. The summed E-state index contributed by atoms with van der Waals surface area (Å²) in [5.74, 6) is -1.09. The van der Waals surface area contributed by atoms with Crippen LogP contribution in [0.15, 0.2) is 36.4 Å². The van der Waals surface area contributed by atoms with Crippen molar-refractivity contribution in [2.75, 3.05) is 0 Å². The number of rotatable bonds is 3. The van der Waals surface area contributed by atoms with Gasteiger partial charge in [0.15, 0.2) is 0 Å². The minimum Gasteiger partial charge on any atom is -0.207 e. The summed E-state index contributed by atoms with van der Waals surface area (Å²) in [5, 5.41) is 0.643. The minimum absolute atomic E-state index is 0.0637. The topological polar surface area (TPSA) is 0 Å². The standard InChI is InChI=1S/C15H12BrClF2/c1-9-2-4-11(17)7-13(9)14(16)6-10-3-5-12(18)8-15(10)19/h2-5,7-8,14H,6H2,1H3. The lowest BCUT2D eigenvalue weighted by molar-refractivity contribution is 0.571. The lowest BCUT2D eigenvalue weighted by Crippen LogP contribution is -2.00. The summed E-state index contributed by atoms with van der Waals surface area (Å²) in [6.07, 6.45) is 0.438. The Morgan fingerprint density at radius 1 is 1.16 bits per heavy atom. The van der Waals surface area contributed by atoms with E-state index < -0.39 is 11.6 Å². The summed E-state index contributed by atoms with van der Waals surface area (Å²) in [6, 6.07) is 9.24. The van der Waals surface area contributed by atoms with Gasteiger partial charge in [-0.2, -0.15) is 0 Å². The van der Waals surface area contributed by atoms with E-state index in [4.69, 9.17) is 11.6 Å². The van der Waals surface area contributed by atoms with Gasteiger partial charge in [-0.3, -0.25) is 0 Å². The largest absolute Gasteiger partial charge is 0.207 e. The van der Waals surface area contributed by atoms with Crippen molar-refractivity contribution in [3.05, 3.63) is 69.7 Å². The molecule has 0 fully saturated rings. The highest BCUT2D eigenvalue weighted by Crippen LogP contribution is 2.32. The van der Waals surface area contributed by atoms with Gasteiger partial charge < -0.3 is 0 Å². The van der Waals surface area contributed by atoms with Crippen LogP contribution in [0.25, 0.3) is 0 Å². The molecule has 0 heterocycles. The van der Waals surface area contributed by atoms with E-state index in [2.05, 4.69) is 15.9 Å². The van der Waals surface area contributed by atoms with E-state index in [1.54, 1.807) is 0 Å². The van der Waals surface area contributed by atoms with Crippen molar-refractivity contribution < 1.29 is 8.78 Å². The lowest BCUT2D eigenvalue weighted by atomic mass is 10.00. The molecule has 0 N–H and O–H groups in total. The summed E-state index contributed by atoms with van der Waals surface area (Å²) < 4.78 is 26.5. The molecule has 1 atom stereocenters. The third-order valence-electron chi connectivity index (χ3n) is 2.99. The second kappa shape index (κ2) is 6.02. The maximum absolute atomic E-state index is 13.6. The number of hydrogen-bond acceptors (Lipinski definition) is 0. The molecule has 2 aromatic rings. The zero-order valence-electron chi connectivity index (χ0n) is 10.3. The Balaban J connectivity index is 2.25. The molecular formula is C15H12BrClF2. The van der Waals surface area contributed by atoms with Crippen LogP contribution in [0.3, 0.4) is 0 Å². The van der Waals surface area contributed by atoms with E-state index >= 15 is 0 Å². The first-order valence-electron chi connectivity index (χ1n) is 5.81. The van der Waals surface area contributed by atoms with E-state index in [0.29, 0.717) is 17.0 Å². The molecule has 0 spiro atoms. The van der Waals surface area contributed by atoms with Gasteiger partial charge in [-0.05, 0) is 48.2 Å². The third kappa shape index (κ3) is 3.54. The van der Waals surface area contributed by atoms with E-state index in [1.807, 2.05) is 25.1 Å². The number of aryl methyl sites for hydroxylation is 1. The van der Waals surface area contributed by atoms with Gasteiger partial charge in [0.2, 0.25) is 0 Å². The second-order valence-corrected chi connectivity index (χ2v) is 5.95. The molecule has 2 rings (SSSR count). The smallest absolute Gasteiger partial charge is 0.129 e. The zero-order valence-corrected chi connectivity index (χ0v) is 12.6. The van der Waals surface area contributed by atoms with Crippen molar-refractivity contribution in [1.82, 2.24) is 0 Å². The zero-order chi connectivity index (χ0) is 14.0. The van der Waals surface area contributed by atoms with Gasteiger partial charge in [0, 0.05) is 15.9 Å². The molecule has 19 heavy (non-hydrogen) atoms. The number of halogens is 4. The van der Waals surface area contributed by atoms with Crippen LogP contribution in [0.2, 0.25) is 5.02 Å². The van der Waals surface area contributed by atoms with Gasteiger partial charge in [0.25, 0.3) is 0 Å². The van der Waals surface area contributed by atoms with Crippen LogP contribution in [0.4, 0.5) is 8.78 Å². The molecule has 0 aliphatic heterocycles. The molecule has 2 aromatic carbocycles. The molecule has 0 aliphatic carbocycles. The third-order valence-corrected chi connectivity index (χ3v) is 4.05. The lowest BCUT2D eigenvalue weighted by Gasteiger charge is -2.14. The van der Waals surface area contributed by atoms with E-state index in [0.717, 1.165) is 17.2 Å². The Bertz CT molecular complexity index is 599. The van der Waals surface area contributed by atoms with Gasteiger partial charge >= 0.3 is 0 Å². The van der Waals surface area contributed by atoms with Crippen molar-refractivity contribution in [3.8, 4) is 0 Å². The van der Waals surface area contributed by atoms with Gasteiger partial charge in [-0.1, -0.05) is 39.7 Å². The Kier molecular flexibility index (Phi) is 4.58. The first-order valence-corrected chi connectivity index (χ1v) is 7.11. The molecular weight excluding hydrogens is 334 g/mol. The molecule has 0 aliphatic rings. The van der Waals surface area contributed by atoms with Crippen LogP contribution in [-0.2, 0) is 6.42 Å². The van der Waals surface area contributed by atoms with Crippen molar-refractivity contribution >= 4 is 27.5 Å². The summed E-state index contributed by atoms with van der Waals surface area (Å²) >= 11 is 9.51. The second-order valence-electron chi connectivity index (χ2n) is 4.41. The average molecular weight is 346 g/mol. The maximum Gasteiger partial charge on any atom is 0.129 e. The van der Waals surface area contributed by atoms with Gasteiger partial charge in [-0.25, -0.2) is 8.78 Å². The fourth-order valence-electron chi connectivity index (χ4n) is 1.94. The summed E-state index contributed by atoms with van der Waals surface area (Å²) in [4.78, 5) is -0.0637. The van der Waals surface area contributed by atoms with Crippen LogP contribution in [-0.4, -0.2) is 0 Å². The Morgan fingerprint density at radius 3 is 2.58 bits per heavy atom. The van der Waals surface area contributed by atoms with Crippen LogP contribution in [0, 0.1) is 18.6 Å². The first-order chi connectivity index (χ1) is 8.97. The molecule has 100 valence electrons. The molecule has 0 saturated carbocycles. The highest BCUT2D eigenvalue weighted by molar-refractivity contribution is 9.09. The molecule has 0 nitrogen and oxygen atoms in total. The van der Waals surface area contributed by atoms with Crippen LogP contribution >= 0.6 is 27.5 Å². The molecule has 0 saturated heterocycles. The van der Waals surface area contributed by atoms with Crippen LogP contribution in [0.5, 0.6) is 0 Å². The monoisotopic (exact) mass is 344 g/mol. The Morgan fingerprint density at radius 2 is 1.89 bits per heavy atom. The van der Waals surface area contributed by atoms with E-state index in [-0.39, 0.29) is 4.83 Å². The maximum atomic E-state index is 13.6. The summed E-state index contributed by atoms with van der Waals surface area (Å²) in [5.41, 5.74) is 2.56. The molecule has 0 radical (unpaired) electrons. The van der Waals surface area contributed by atoms with Crippen molar-refractivity contribution in [1.29, 1.82) is 0 Å². The van der Waals surface area contributed by atoms with Gasteiger partial charge in [-0.15, -0.1) is 0 Å². The van der Waals surface area contributed by atoms with Crippen LogP contribution < -0.4 is 0 Å². The predicted molar refractivity (Wildman–Crippen MR) is 77.9 cm³/mol.